The summed E-state index contributed by atoms with van der Waals surface area (Å²) in [5.41, 5.74) is 0. The molecule has 0 aliphatic heterocycles. The van der Waals surface area contributed by atoms with Crippen molar-refractivity contribution in [2.45, 2.75) is 0 Å². The highest BCUT2D eigenvalue weighted by atomic mass is 35.5. The summed E-state index contributed by atoms with van der Waals surface area (Å²) < 4.78 is 0. The first-order valence-electron chi connectivity index (χ1n) is 1.85. The van der Waals surface area contributed by atoms with Crippen molar-refractivity contribution in [3.63, 3.8) is 0 Å². The molecular weight excluding hydrogens is 172 g/mol. The molecule has 0 bridgehead atoms. The monoisotopic (exact) mass is 181 g/mol. The van der Waals surface area contributed by atoms with Gasteiger partial charge in [-0.1, -0.05) is 6.07 Å². The molecule has 1 aromatic rings. The molecule has 9 heavy (non-hydrogen) atoms. The molecule has 0 N–H and O–H groups in total. The smallest absolute Gasteiger partial charge is 0.187 e. The summed E-state index contributed by atoms with van der Waals surface area (Å²) in [7, 11) is 0. The summed E-state index contributed by atoms with van der Waals surface area (Å²) in [5, 5.41) is 0. The van der Waals surface area contributed by atoms with Crippen molar-refractivity contribution in [1.29, 1.82) is 0 Å². The first-order chi connectivity index (χ1) is 3.00. The Bertz CT molecular complexity index is 86.9. The quantitative estimate of drug-likeness (QED) is 0.539. The Morgan fingerprint density at radius 2 is 1.22 bits per heavy atom. The Morgan fingerprint density at radius 3 is 1.33 bits per heavy atom. The van der Waals surface area contributed by atoms with Crippen LogP contribution in [0.5, 0.6) is 0 Å². The lowest BCUT2D eigenvalue weighted by Gasteiger charge is -1.70. The summed E-state index contributed by atoms with van der Waals surface area (Å²) in [6.07, 6.45) is 3.50. The lowest BCUT2D eigenvalue weighted by molar-refractivity contribution is 1.33. The first kappa shape index (κ1) is 16.1. The minimum absolute atomic E-state index is 0. The molecule has 0 saturated carbocycles. The molecule has 0 amide bonds. The summed E-state index contributed by atoms with van der Waals surface area (Å²) in [6, 6.07) is 5.72. The third-order valence-electron chi connectivity index (χ3n) is 0.566. The van der Waals surface area contributed by atoms with E-state index in [1.807, 2.05) is 18.2 Å². The summed E-state index contributed by atoms with van der Waals surface area (Å²) in [6.45, 7) is 0. The van der Waals surface area contributed by atoms with Gasteiger partial charge >= 0.3 is 0 Å². The standard InChI is InChI=1S/C5H5N.Al.2ClH.3H/c1-2-4-6-5-3-1;;;;;;/h1-5H;;2*1H;;;. The molecule has 1 rings (SSSR count). The van der Waals surface area contributed by atoms with E-state index < -0.39 is 0 Å². The van der Waals surface area contributed by atoms with Gasteiger partial charge in [0.1, 0.15) is 0 Å². The van der Waals surface area contributed by atoms with Gasteiger partial charge < -0.3 is 0 Å². The van der Waals surface area contributed by atoms with Gasteiger partial charge in [-0.25, -0.2) is 0 Å². The van der Waals surface area contributed by atoms with E-state index in [1.54, 1.807) is 12.4 Å². The molecule has 0 atom stereocenters. The highest BCUT2D eigenvalue weighted by molar-refractivity contribution is 5.85. The van der Waals surface area contributed by atoms with Crippen LogP contribution in [0.4, 0.5) is 0 Å². The van der Waals surface area contributed by atoms with E-state index in [2.05, 4.69) is 4.98 Å². The zero-order valence-electron chi connectivity index (χ0n) is 4.15. The van der Waals surface area contributed by atoms with E-state index in [9.17, 15) is 0 Å². The number of rotatable bonds is 0. The van der Waals surface area contributed by atoms with Gasteiger partial charge in [-0.15, -0.1) is 24.8 Å². The van der Waals surface area contributed by atoms with Crippen LogP contribution in [0.25, 0.3) is 0 Å². The van der Waals surface area contributed by atoms with Crippen LogP contribution in [-0.2, 0) is 0 Å². The second kappa shape index (κ2) is 11.1. The van der Waals surface area contributed by atoms with Gasteiger partial charge in [0.25, 0.3) is 0 Å². The van der Waals surface area contributed by atoms with Crippen molar-refractivity contribution in [2.24, 2.45) is 0 Å². The van der Waals surface area contributed by atoms with Crippen molar-refractivity contribution in [3.05, 3.63) is 30.6 Å². The minimum atomic E-state index is 0. The van der Waals surface area contributed by atoms with E-state index in [1.165, 1.54) is 0 Å². The molecule has 0 unspecified atom stereocenters. The van der Waals surface area contributed by atoms with Crippen LogP contribution in [0.3, 0.4) is 0 Å². The van der Waals surface area contributed by atoms with Crippen LogP contribution in [0, 0.1) is 0 Å². The van der Waals surface area contributed by atoms with Crippen LogP contribution in [0.1, 0.15) is 0 Å². The van der Waals surface area contributed by atoms with Crippen LogP contribution in [-0.4, -0.2) is 22.3 Å². The number of hydrogen-bond acceptors (Lipinski definition) is 1. The number of nitrogens with zero attached hydrogens (tertiary/aromatic N) is 1. The van der Waals surface area contributed by atoms with Gasteiger partial charge in [0, 0.05) is 12.4 Å². The van der Waals surface area contributed by atoms with E-state index in [0.29, 0.717) is 0 Å². The second-order valence-electron chi connectivity index (χ2n) is 1.02. The zero-order valence-corrected chi connectivity index (χ0v) is 5.78. The Kier molecular flexibility index (Phi) is 19.9. The van der Waals surface area contributed by atoms with Gasteiger partial charge in [-0.3, -0.25) is 4.98 Å². The van der Waals surface area contributed by atoms with Gasteiger partial charge in [0.05, 0.1) is 0 Å². The summed E-state index contributed by atoms with van der Waals surface area (Å²) in [4.78, 5) is 3.78. The van der Waals surface area contributed by atoms with Gasteiger partial charge in [-0.05, 0) is 12.1 Å². The third-order valence-corrected chi connectivity index (χ3v) is 0.566. The third kappa shape index (κ3) is 8.26. The maximum Gasteiger partial charge on any atom is 0.187 e. The number of halogens is 2. The first-order valence-corrected chi connectivity index (χ1v) is 1.85. The molecule has 52 valence electrons. The van der Waals surface area contributed by atoms with Gasteiger partial charge in [0.15, 0.2) is 17.4 Å². The maximum absolute atomic E-state index is 3.78. The molecule has 4 heteroatoms. The molecule has 1 aromatic heterocycles. The van der Waals surface area contributed by atoms with E-state index >= 15 is 0 Å². The summed E-state index contributed by atoms with van der Waals surface area (Å²) in [5.74, 6) is 0. The van der Waals surface area contributed by atoms with Crippen molar-refractivity contribution in [1.82, 2.24) is 4.98 Å². The Hall–Kier alpha value is 0.262. The fourth-order valence-electron chi connectivity index (χ4n) is 0.313. The van der Waals surface area contributed by atoms with Gasteiger partial charge in [0.2, 0.25) is 0 Å². The molecule has 1 nitrogen and oxygen atoms in total. The molecule has 0 radical (unpaired) electrons. The van der Waals surface area contributed by atoms with E-state index in [-0.39, 0.29) is 42.2 Å². The fourth-order valence-corrected chi connectivity index (χ4v) is 0.313. The summed E-state index contributed by atoms with van der Waals surface area (Å²) >= 11 is 0. The van der Waals surface area contributed by atoms with Crippen molar-refractivity contribution in [3.8, 4) is 0 Å². The van der Waals surface area contributed by atoms with Crippen LogP contribution < -0.4 is 0 Å². The largest absolute Gasteiger partial charge is 0.265 e. The molecule has 0 spiro atoms. The Morgan fingerprint density at radius 1 is 0.778 bits per heavy atom. The minimum Gasteiger partial charge on any atom is -0.265 e. The maximum atomic E-state index is 3.78. The second-order valence-corrected chi connectivity index (χ2v) is 1.02. The fraction of sp³-hybridized carbons (Fsp3) is 0. The lowest BCUT2D eigenvalue weighted by Crippen LogP contribution is -1.58. The molecule has 0 fully saturated rings. The lowest BCUT2D eigenvalue weighted by atomic mass is 10.5. The predicted molar refractivity (Wildman–Crippen MR) is 48.7 cm³/mol. The average Bonchev–Trinajstić information content (AvgIpc) is 1.72. The molecular formula is C5H10AlCl2N. The SMILES string of the molecule is Cl.Cl.[AlH3].c1ccncc1. The number of aromatic nitrogens is 1. The topological polar surface area (TPSA) is 12.9 Å². The van der Waals surface area contributed by atoms with Crippen LogP contribution in [0.15, 0.2) is 30.6 Å². The highest BCUT2D eigenvalue weighted by Gasteiger charge is 1.58. The average molecular weight is 182 g/mol. The molecule has 0 aliphatic rings. The van der Waals surface area contributed by atoms with Crippen LogP contribution in [0.2, 0.25) is 0 Å². The van der Waals surface area contributed by atoms with Crippen molar-refractivity contribution in [2.75, 3.05) is 0 Å². The zero-order chi connectivity index (χ0) is 4.24. The Labute approximate surface area is 77.8 Å². The Balaban J connectivity index is -0.000000120. The molecule has 0 aliphatic carbocycles. The van der Waals surface area contributed by atoms with Gasteiger partial charge in [-0.2, -0.15) is 0 Å². The number of pyridine rings is 1. The highest BCUT2D eigenvalue weighted by Crippen LogP contribution is 1.73. The number of hydrogen-bond donors (Lipinski definition) is 0. The van der Waals surface area contributed by atoms with Crippen molar-refractivity contribution < 1.29 is 0 Å². The molecule has 0 aromatic carbocycles. The predicted octanol–water partition coefficient (Wildman–Crippen LogP) is 0.741. The molecule has 1 heterocycles. The van der Waals surface area contributed by atoms with E-state index in [0.717, 1.165) is 0 Å². The normalized spacial score (nSPS) is 5.33. The molecule has 0 saturated heterocycles. The van der Waals surface area contributed by atoms with Crippen molar-refractivity contribution >= 4 is 42.2 Å². The van der Waals surface area contributed by atoms with Crippen LogP contribution >= 0.6 is 24.8 Å². The van der Waals surface area contributed by atoms with E-state index in [4.69, 9.17) is 0 Å².